The van der Waals surface area contributed by atoms with Gasteiger partial charge in [-0.1, -0.05) is 34.8 Å². The first-order valence-corrected chi connectivity index (χ1v) is 6.52. The first-order valence-electron chi connectivity index (χ1n) is 4.67. The maximum Gasteiger partial charge on any atom is 0.233 e. The summed E-state index contributed by atoms with van der Waals surface area (Å²) in [6.45, 7) is 0.0724. The average Bonchev–Trinajstić information content (AvgIpc) is 2.24. The summed E-state index contributed by atoms with van der Waals surface area (Å²) in [6.07, 6.45) is 1.09. The molecule has 0 radical (unpaired) electrons. The Balaban J connectivity index is 2.72. The normalized spacial score (nSPS) is 11.9. The molecule has 0 N–H and O–H groups in total. The van der Waals surface area contributed by atoms with Crippen LogP contribution in [0.25, 0.3) is 0 Å². The largest absolute Gasteiger partial charge is 0.357 e. The Morgan fingerprint density at radius 1 is 1.25 bits per heavy atom. The fourth-order valence-electron chi connectivity index (χ4n) is 1.10. The van der Waals surface area contributed by atoms with Crippen LogP contribution in [0.4, 0.5) is 0 Å². The van der Waals surface area contributed by atoms with Gasteiger partial charge in [0, 0.05) is 7.11 Å². The van der Waals surface area contributed by atoms with Crippen LogP contribution >= 0.6 is 0 Å². The molecular formula is C10H15NO4S. The Bertz CT molecular complexity index is 404. The van der Waals surface area contributed by atoms with Crippen molar-refractivity contribution in [2.75, 3.05) is 20.2 Å². The molecule has 1 rings (SSSR count). The van der Waals surface area contributed by atoms with Crippen molar-refractivity contribution >= 4 is 10.0 Å². The fraction of sp³-hybridized carbons (Fsp3) is 0.400. The SMILES string of the molecule is COCON(Cc1ccccc1)S(C)(=O)=O. The van der Waals surface area contributed by atoms with E-state index in [2.05, 4.69) is 4.74 Å². The predicted molar refractivity (Wildman–Crippen MR) is 59.8 cm³/mol. The Morgan fingerprint density at radius 3 is 2.38 bits per heavy atom. The molecule has 0 amide bonds. The third-order valence-corrected chi connectivity index (χ3v) is 2.81. The standard InChI is InChI=1S/C10H15NO4S/c1-14-9-15-11(16(2,12)13)8-10-6-4-3-5-7-10/h3-7H,8-9H2,1-2H3. The van der Waals surface area contributed by atoms with Gasteiger partial charge in [0.05, 0.1) is 12.8 Å². The van der Waals surface area contributed by atoms with Crippen molar-refractivity contribution in [2.24, 2.45) is 0 Å². The van der Waals surface area contributed by atoms with Crippen LogP contribution < -0.4 is 0 Å². The Morgan fingerprint density at radius 2 is 1.88 bits per heavy atom. The summed E-state index contributed by atoms with van der Waals surface area (Å²) in [7, 11) is -1.97. The molecule has 0 saturated carbocycles. The lowest BCUT2D eigenvalue weighted by molar-refractivity contribution is -0.167. The van der Waals surface area contributed by atoms with E-state index in [1.807, 2.05) is 30.3 Å². The van der Waals surface area contributed by atoms with Crippen LogP contribution in [0.5, 0.6) is 0 Å². The Kier molecular flexibility index (Phi) is 4.88. The van der Waals surface area contributed by atoms with Gasteiger partial charge in [0.25, 0.3) is 0 Å². The van der Waals surface area contributed by atoms with Gasteiger partial charge in [0.15, 0.2) is 6.79 Å². The molecule has 0 spiro atoms. The number of nitrogens with zero attached hydrogens (tertiary/aromatic N) is 1. The van der Waals surface area contributed by atoms with Gasteiger partial charge < -0.3 is 4.74 Å². The first kappa shape index (κ1) is 13.1. The van der Waals surface area contributed by atoms with Gasteiger partial charge in [-0.05, 0) is 5.56 Å². The molecule has 0 bridgehead atoms. The van der Waals surface area contributed by atoms with Crippen molar-refractivity contribution < 1.29 is 18.0 Å². The number of benzene rings is 1. The van der Waals surface area contributed by atoms with Crippen LogP contribution in [0.15, 0.2) is 30.3 Å². The second-order valence-corrected chi connectivity index (χ2v) is 5.12. The van der Waals surface area contributed by atoms with Crippen LogP contribution in [0.2, 0.25) is 0 Å². The van der Waals surface area contributed by atoms with E-state index in [0.717, 1.165) is 16.3 Å². The Hall–Kier alpha value is -0.950. The summed E-state index contributed by atoms with van der Waals surface area (Å²) < 4.78 is 28.4. The predicted octanol–water partition coefficient (Wildman–Crippen LogP) is 0.984. The number of hydrogen-bond donors (Lipinski definition) is 0. The van der Waals surface area contributed by atoms with Crippen LogP contribution in [-0.4, -0.2) is 33.0 Å². The summed E-state index contributed by atoms with van der Waals surface area (Å²) in [5, 5.41) is 0. The topological polar surface area (TPSA) is 55.8 Å². The molecule has 1 aromatic carbocycles. The zero-order valence-electron chi connectivity index (χ0n) is 9.29. The second kappa shape index (κ2) is 5.95. The molecule has 0 fully saturated rings. The quantitative estimate of drug-likeness (QED) is 0.554. The van der Waals surface area contributed by atoms with E-state index in [-0.39, 0.29) is 13.3 Å². The minimum Gasteiger partial charge on any atom is -0.357 e. The summed E-state index contributed by atoms with van der Waals surface area (Å²) >= 11 is 0. The van der Waals surface area contributed by atoms with Gasteiger partial charge in [0.1, 0.15) is 0 Å². The highest BCUT2D eigenvalue weighted by molar-refractivity contribution is 7.88. The highest BCUT2D eigenvalue weighted by Gasteiger charge is 2.17. The molecule has 0 aromatic heterocycles. The minimum absolute atomic E-state index is 0.0973. The molecule has 0 unspecified atom stereocenters. The van der Waals surface area contributed by atoms with E-state index in [9.17, 15) is 8.42 Å². The van der Waals surface area contributed by atoms with Crippen LogP contribution in [0.1, 0.15) is 5.56 Å². The zero-order valence-corrected chi connectivity index (χ0v) is 10.1. The number of ether oxygens (including phenoxy) is 1. The summed E-state index contributed by atoms with van der Waals surface area (Å²) in [5.41, 5.74) is 0.851. The fourth-order valence-corrected chi connectivity index (χ4v) is 1.72. The molecule has 0 atom stereocenters. The summed E-state index contributed by atoms with van der Waals surface area (Å²) in [6, 6.07) is 9.20. The lowest BCUT2D eigenvalue weighted by atomic mass is 10.2. The molecule has 0 heterocycles. The zero-order chi connectivity index (χ0) is 12.0. The highest BCUT2D eigenvalue weighted by atomic mass is 32.2. The maximum atomic E-state index is 11.4. The van der Waals surface area contributed by atoms with Crippen molar-refractivity contribution in [3.8, 4) is 0 Å². The van der Waals surface area contributed by atoms with Crippen molar-refractivity contribution in [1.29, 1.82) is 0 Å². The van der Waals surface area contributed by atoms with E-state index >= 15 is 0 Å². The van der Waals surface area contributed by atoms with Crippen molar-refractivity contribution in [3.63, 3.8) is 0 Å². The average molecular weight is 245 g/mol. The van der Waals surface area contributed by atoms with Crippen molar-refractivity contribution in [1.82, 2.24) is 4.47 Å². The van der Waals surface area contributed by atoms with Gasteiger partial charge in [-0.25, -0.2) is 8.42 Å². The maximum absolute atomic E-state index is 11.4. The van der Waals surface area contributed by atoms with Gasteiger partial charge in [-0.15, -0.1) is 0 Å². The number of hydroxylamine groups is 1. The number of sulfonamides is 1. The Labute approximate surface area is 95.6 Å². The molecule has 90 valence electrons. The number of methoxy groups -OCH3 is 1. The molecular weight excluding hydrogens is 230 g/mol. The first-order chi connectivity index (χ1) is 7.54. The number of hydrogen-bond acceptors (Lipinski definition) is 4. The summed E-state index contributed by atoms with van der Waals surface area (Å²) in [4.78, 5) is 4.98. The smallest absolute Gasteiger partial charge is 0.233 e. The second-order valence-electron chi connectivity index (χ2n) is 3.25. The summed E-state index contributed by atoms with van der Waals surface area (Å²) in [5.74, 6) is 0. The van der Waals surface area contributed by atoms with Gasteiger partial charge >= 0.3 is 0 Å². The minimum atomic E-state index is -3.40. The van der Waals surface area contributed by atoms with Crippen LogP contribution in [-0.2, 0) is 26.1 Å². The third kappa shape index (κ3) is 4.28. The van der Waals surface area contributed by atoms with E-state index in [4.69, 9.17) is 4.84 Å². The lowest BCUT2D eigenvalue weighted by Crippen LogP contribution is -2.30. The molecule has 0 aliphatic heterocycles. The molecule has 6 heteroatoms. The number of rotatable bonds is 6. The van der Waals surface area contributed by atoms with Gasteiger partial charge in [-0.3, -0.25) is 4.84 Å². The van der Waals surface area contributed by atoms with Crippen LogP contribution in [0.3, 0.4) is 0 Å². The van der Waals surface area contributed by atoms with Crippen molar-refractivity contribution in [3.05, 3.63) is 35.9 Å². The van der Waals surface area contributed by atoms with Crippen molar-refractivity contribution in [2.45, 2.75) is 6.54 Å². The van der Waals surface area contributed by atoms with E-state index in [0.29, 0.717) is 0 Å². The van der Waals surface area contributed by atoms with E-state index in [1.54, 1.807) is 0 Å². The third-order valence-electron chi connectivity index (χ3n) is 1.84. The van der Waals surface area contributed by atoms with E-state index in [1.165, 1.54) is 7.11 Å². The molecule has 5 nitrogen and oxygen atoms in total. The molecule has 1 aromatic rings. The van der Waals surface area contributed by atoms with Crippen LogP contribution in [0, 0.1) is 0 Å². The monoisotopic (exact) mass is 245 g/mol. The molecule has 0 aliphatic rings. The van der Waals surface area contributed by atoms with E-state index < -0.39 is 10.0 Å². The van der Waals surface area contributed by atoms with Gasteiger partial charge in [0.2, 0.25) is 10.0 Å². The lowest BCUT2D eigenvalue weighted by Gasteiger charge is -2.18. The molecule has 0 aliphatic carbocycles. The molecule has 0 saturated heterocycles. The highest BCUT2D eigenvalue weighted by Crippen LogP contribution is 2.08. The molecule has 16 heavy (non-hydrogen) atoms. The van der Waals surface area contributed by atoms with Gasteiger partial charge in [-0.2, -0.15) is 0 Å².